The third-order valence-electron chi connectivity index (χ3n) is 6.40. The number of para-hydroxylation sites is 1. The Morgan fingerprint density at radius 2 is 1.67 bits per heavy atom. The maximum Gasteiger partial charge on any atom is 0.328 e. The SMILES string of the molecule is Cn1c(=O)n(C)c2cc(S(=O)(=O)N3CCC(c4c[nH]c5ccccc45)CC3)ccc21. The van der Waals surface area contributed by atoms with Gasteiger partial charge in [0.1, 0.15) is 0 Å². The average Bonchev–Trinajstić information content (AvgIpc) is 3.29. The molecule has 1 aliphatic heterocycles. The van der Waals surface area contributed by atoms with Gasteiger partial charge in [0, 0.05) is 44.3 Å². The number of hydrogen-bond donors (Lipinski definition) is 1. The predicted octanol–water partition coefficient (Wildman–Crippen LogP) is 2.93. The second kappa shape index (κ2) is 6.85. The number of aryl methyl sites for hydroxylation is 2. The Morgan fingerprint density at radius 3 is 2.43 bits per heavy atom. The van der Waals surface area contributed by atoms with Crippen molar-refractivity contribution in [2.75, 3.05) is 13.1 Å². The minimum absolute atomic E-state index is 0.168. The number of aromatic nitrogens is 3. The van der Waals surface area contributed by atoms with Gasteiger partial charge in [0.25, 0.3) is 0 Å². The first kappa shape index (κ1) is 19.1. The van der Waals surface area contributed by atoms with E-state index in [-0.39, 0.29) is 10.6 Å². The minimum atomic E-state index is -3.61. The third-order valence-corrected chi connectivity index (χ3v) is 8.29. The molecule has 0 atom stereocenters. The maximum absolute atomic E-state index is 13.3. The monoisotopic (exact) mass is 424 g/mol. The molecule has 0 unspecified atom stereocenters. The molecule has 1 saturated heterocycles. The molecule has 8 heteroatoms. The topological polar surface area (TPSA) is 80.1 Å². The summed E-state index contributed by atoms with van der Waals surface area (Å²) in [5.74, 6) is 0.338. The van der Waals surface area contributed by atoms with Gasteiger partial charge in [0.05, 0.1) is 15.9 Å². The Kier molecular flexibility index (Phi) is 4.37. The van der Waals surface area contributed by atoms with E-state index >= 15 is 0 Å². The molecule has 0 aliphatic carbocycles. The second-order valence-corrected chi connectivity index (χ2v) is 9.96. The van der Waals surface area contributed by atoms with E-state index in [1.807, 2.05) is 12.1 Å². The first-order valence-electron chi connectivity index (χ1n) is 10.1. The van der Waals surface area contributed by atoms with Gasteiger partial charge in [-0.05, 0) is 48.6 Å². The lowest BCUT2D eigenvalue weighted by Crippen LogP contribution is -2.37. The molecule has 1 N–H and O–H groups in total. The van der Waals surface area contributed by atoms with Crippen LogP contribution in [0.25, 0.3) is 21.9 Å². The van der Waals surface area contributed by atoms with Crippen LogP contribution in [-0.2, 0) is 24.1 Å². The zero-order valence-corrected chi connectivity index (χ0v) is 17.8. The molecule has 2 aromatic heterocycles. The Bertz CT molecular complexity index is 1420. The fourth-order valence-electron chi connectivity index (χ4n) is 4.64. The van der Waals surface area contributed by atoms with Crippen molar-refractivity contribution in [3.63, 3.8) is 0 Å². The van der Waals surface area contributed by atoms with E-state index in [0.717, 1.165) is 23.9 Å². The number of nitrogens with zero attached hydrogens (tertiary/aromatic N) is 3. The molecule has 5 rings (SSSR count). The van der Waals surface area contributed by atoms with E-state index in [0.29, 0.717) is 24.5 Å². The first-order chi connectivity index (χ1) is 14.4. The molecule has 0 spiro atoms. The minimum Gasteiger partial charge on any atom is -0.361 e. The van der Waals surface area contributed by atoms with Crippen LogP contribution in [0.15, 0.2) is 58.4 Å². The number of nitrogens with one attached hydrogen (secondary N) is 1. The Morgan fingerprint density at radius 1 is 0.967 bits per heavy atom. The van der Waals surface area contributed by atoms with Crippen molar-refractivity contribution >= 4 is 32.0 Å². The lowest BCUT2D eigenvalue weighted by atomic mass is 9.90. The van der Waals surface area contributed by atoms with Crippen molar-refractivity contribution in [2.45, 2.75) is 23.7 Å². The van der Waals surface area contributed by atoms with Crippen LogP contribution in [0.1, 0.15) is 24.3 Å². The average molecular weight is 425 g/mol. The van der Waals surface area contributed by atoms with Crippen LogP contribution in [0, 0.1) is 0 Å². The lowest BCUT2D eigenvalue weighted by Gasteiger charge is -2.31. The molecule has 0 saturated carbocycles. The lowest BCUT2D eigenvalue weighted by molar-refractivity contribution is 0.320. The highest BCUT2D eigenvalue weighted by Crippen LogP contribution is 2.34. The highest BCUT2D eigenvalue weighted by molar-refractivity contribution is 7.89. The largest absolute Gasteiger partial charge is 0.361 e. The van der Waals surface area contributed by atoms with Crippen LogP contribution < -0.4 is 5.69 Å². The van der Waals surface area contributed by atoms with Crippen LogP contribution >= 0.6 is 0 Å². The molecule has 1 aliphatic rings. The van der Waals surface area contributed by atoms with E-state index in [1.165, 1.54) is 20.1 Å². The van der Waals surface area contributed by atoms with Crippen LogP contribution in [0.4, 0.5) is 0 Å². The Hall–Kier alpha value is -2.84. The number of hydrogen-bond acceptors (Lipinski definition) is 3. The summed E-state index contributed by atoms with van der Waals surface area (Å²) in [6.45, 7) is 0.969. The second-order valence-electron chi connectivity index (χ2n) is 8.02. The molecule has 30 heavy (non-hydrogen) atoms. The Labute approximate surface area is 174 Å². The first-order valence-corrected chi connectivity index (χ1v) is 11.5. The molecular weight excluding hydrogens is 400 g/mol. The van der Waals surface area contributed by atoms with Crippen molar-refractivity contribution in [3.8, 4) is 0 Å². The van der Waals surface area contributed by atoms with Crippen molar-refractivity contribution in [1.82, 2.24) is 18.4 Å². The van der Waals surface area contributed by atoms with Gasteiger partial charge in [0.2, 0.25) is 10.0 Å². The summed E-state index contributed by atoms with van der Waals surface area (Å²) in [6.07, 6.45) is 3.63. The van der Waals surface area contributed by atoms with Crippen LogP contribution in [-0.4, -0.2) is 39.9 Å². The van der Waals surface area contributed by atoms with Crippen molar-refractivity contribution in [1.29, 1.82) is 0 Å². The standard InChI is InChI=1S/C22H24N4O3S/c1-24-20-8-7-16(13-21(20)25(2)22(24)27)30(28,29)26-11-9-15(10-12-26)18-14-23-19-6-4-3-5-17(18)19/h3-8,13-15,23H,9-12H2,1-2H3. The molecule has 0 amide bonds. The summed E-state index contributed by atoms with van der Waals surface area (Å²) in [4.78, 5) is 15.7. The van der Waals surface area contributed by atoms with Gasteiger partial charge in [-0.25, -0.2) is 13.2 Å². The van der Waals surface area contributed by atoms with Gasteiger partial charge in [-0.2, -0.15) is 4.31 Å². The van der Waals surface area contributed by atoms with Crippen molar-refractivity contribution < 1.29 is 8.42 Å². The fourth-order valence-corrected chi connectivity index (χ4v) is 6.13. The maximum atomic E-state index is 13.3. The summed E-state index contributed by atoms with van der Waals surface area (Å²) in [7, 11) is -0.258. The normalized spacial score (nSPS) is 16.6. The highest BCUT2D eigenvalue weighted by atomic mass is 32.2. The van der Waals surface area contributed by atoms with Crippen LogP contribution in [0.3, 0.4) is 0 Å². The van der Waals surface area contributed by atoms with E-state index in [2.05, 4.69) is 23.3 Å². The molecule has 156 valence electrons. The van der Waals surface area contributed by atoms with Gasteiger partial charge >= 0.3 is 5.69 Å². The molecule has 0 radical (unpaired) electrons. The van der Waals surface area contributed by atoms with Crippen LogP contribution in [0.5, 0.6) is 0 Å². The molecule has 4 aromatic rings. The molecule has 7 nitrogen and oxygen atoms in total. The molecule has 1 fully saturated rings. The zero-order valence-electron chi connectivity index (χ0n) is 17.0. The number of H-pyrrole nitrogens is 1. The van der Waals surface area contributed by atoms with Gasteiger partial charge in [-0.15, -0.1) is 0 Å². The zero-order chi connectivity index (χ0) is 21.0. The molecule has 2 aromatic carbocycles. The van der Waals surface area contributed by atoms with E-state index in [9.17, 15) is 13.2 Å². The van der Waals surface area contributed by atoms with Gasteiger partial charge in [-0.1, -0.05) is 18.2 Å². The number of fused-ring (bicyclic) bond motifs is 2. The quantitative estimate of drug-likeness (QED) is 0.549. The number of benzene rings is 2. The van der Waals surface area contributed by atoms with E-state index < -0.39 is 10.0 Å². The summed E-state index contributed by atoms with van der Waals surface area (Å²) in [6, 6.07) is 13.1. The van der Waals surface area contributed by atoms with Gasteiger partial charge in [0.15, 0.2) is 0 Å². The van der Waals surface area contributed by atoms with Gasteiger partial charge < -0.3 is 4.98 Å². The molecular formula is C22H24N4O3S. The molecule has 3 heterocycles. The van der Waals surface area contributed by atoms with Crippen molar-refractivity contribution in [3.05, 3.63) is 64.7 Å². The summed E-state index contributed by atoms with van der Waals surface area (Å²) < 4.78 is 31.1. The molecule has 0 bridgehead atoms. The summed E-state index contributed by atoms with van der Waals surface area (Å²) in [5.41, 5.74) is 3.56. The predicted molar refractivity (Wildman–Crippen MR) is 117 cm³/mol. The number of sulfonamides is 1. The highest BCUT2D eigenvalue weighted by Gasteiger charge is 2.31. The van der Waals surface area contributed by atoms with Gasteiger partial charge in [-0.3, -0.25) is 9.13 Å². The number of imidazole rings is 1. The van der Waals surface area contributed by atoms with E-state index in [4.69, 9.17) is 0 Å². The summed E-state index contributed by atoms with van der Waals surface area (Å²) in [5, 5.41) is 1.22. The number of aromatic amines is 1. The van der Waals surface area contributed by atoms with E-state index in [1.54, 1.807) is 36.6 Å². The fraction of sp³-hybridized carbons (Fsp3) is 0.318. The number of piperidine rings is 1. The number of rotatable bonds is 3. The Balaban J connectivity index is 1.41. The smallest absolute Gasteiger partial charge is 0.328 e. The van der Waals surface area contributed by atoms with Crippen molar-refractivity contribution in [2.24, 2.45) is 14.1 Å². The van der Waals surface area contributed by atoms with Crippen LogP contribution in [0.2, 0.25) is 0 Å². The third kappa shape index (κ3) is 2.82. The summed E-state index contributed by atoms with van der Waals surface area (Å²) >= 11 is 0.